The lowest BCUT2D eigenvalue weighted by Crippen LogP contribution is -2.58. The number of halogens is 3. The second kappa shape index (κ2) is 5.19. The lowest BCUT2D eigenvalue weighted by atomic mass is 9.87. The second-order valence-corrected chi connectivity index (χ2v) is 5.51. The van der Waals surface area contributed by atoms with Crippen LogP contribution in [0.5, 0.6) is 0 Å². The van der Waals surface area contributed by atoms with Gasteiger partial charge in [-0.15, -0.1) is 0 Å². The van der Waals surface area contributed by atoms with E-state index in [0.717, 1.165) is 36.3 Å². The van der Waals surface area contributed by atoms with Crippen LogP contribution in [0.3, 0.4) is 0 Å². The van der Waals surface area contributed by atoms with E-state index in [2.05, 4.69) is 9.98 Å². The molecule has 0 atom stereocenters. The zero-order valence-corrected chi connectivity index (χ0v) is 11.8. The monoisotopic (exact) mass is 311 g/mol. The second-order valence-electron chi connectivity index (χ2n) is 5.51. The van der Waals surface area contributed by atoms with Crippen molar-refractivity contribution in [3.8, 4) is 0 Å². The summed E-state index contributed by atoms with van der Waals surface area (Å²) in [6.07, 6.45) is 3.62. The molecular weight excluding hydrogens is 295 g/mol. The van der Waals surface area contributed by atoms with Crippen molar-refractivity contribution in [3.63, 3.8) is 0 Å². The molecule has 0 bridgehead atoms. The number of nitrogens with two attached hydrogens (primary N) is 2. The minimum absolute atomic E-state index is 0.0344. The summed E-state index contributed by atoms with van der Waals surface area (Å²) >= 11 is 0. The summed E-state index contributed by atoms with van der Waals surface area (Å²) in [7, 11) is 0. The van der Waals surface area contributed by atoms with Crippen LogP contribution in [-0.2, 0) is 0 Å². The van der Waals surface area contributed by atoms with Gasteiger partial charge < -0.3 is 11.5 Å². The van der Waals surface area contributed by atoms with Crippen LogP contribution in [0.25, 0.3) is 0 Å². The Morgan fingerprint density at radius 1 is 1.00 bits per heavy atom. The summed E-state index contributed by atoms with van der Waals surface area (Å²) < 4.78 is 42.0. The van der Waals surface area contributed by atoms with E-state index in [1.807, 2.05) is 0 Å². The summed E-state index contributed by atoms with van der Waals surface area (Å²) in [5.74, 6) is -3.60. The van der Waals surface area contributed by atoms with Crippen molar-refractivity contribution >= 4 is 17.6 Å². The molecule has 22 heavy (non-hydrogen) atoms. The van der Waals surface area contributed by atoms with Crippen molar-refractivity contribution in [2.45, 2.75) is 37.8 Å². The Morgan fingerprint density at radius 2 is 1.64 bits per heavy atom. The maximum absolute atomic E-state index is 14.2. The van der Waals surface area contributed by atoms with Crippen molar-refractivity contribution in [1.82, 2.24) is 0 Å². The Bertz CT molecular complexity index is 665. The van der Waals surface area contributed by atoms with Gasteiger partial charge in [0.1, 0.15) is 17.2 Å². The van der Waals surface area contributed by atoms with Gasteiger partial charge in [0.25, 0.3) is 0 Å². The first-order chi connectivity index (χ1) is 10.4. The quantitative estimate of drug-likeness (QED) is 0.780. The van der Waals surface area contributed by atoms with Crippen LogP contribution in [-0.4, -0.2) is 17.6 Å². The highest BCUT2D eigenvalue weighted by Gasteiger charge is 2.44. The van der Waals surface area contributed by atoms with Crippen LogP contribution < -0.4 is 16.4 Å². The van der Waals surface area contributed by atoms with Gasteiger partial charge in [-0.1, -0.05) is 6.42 Å². The van der Waals surface area contributed by atoms with E-state index in [1.54, 1.807) is 0 Å². The van der Waals surface area contributed by atoms with E-state index in [4.69, 9.17) is 11.5 Å². The van der Waals surface area contributed by atoms with Crippen LogP contribution in [0.4, 0.5) is 18.9 Å². The highest BCUT2D eigenvalue weighted by atomic mass is 19.2. The summed E-state index contributed by atoms with van der Waals surface area (Å²) in [6.45, 7) is 0. The van der Waals surface area contributed by atoms with Gasteiger partial charge in [0.2, 0.25) is 11.9 Å². The molecule has 118 valence electrons. The van der Waals surface area contributed by atoms with Gasteiger partial charge in [0.15, 0.2) is 11.6 Å². The first kappa shape index (κ1) is 14.7. The highest BCUT2D eigenvalue weighted by Crippen LogP contribution is 2.41. The first-order valence-corrected chi connectivity index (χ1v) is 7.08. The van der Waals surface area contributed by atoms with Crippen LogP contribution in [0.15, 0.2) is 22.1 Å². The van der Waals surface area contributed by atoms with E-state index < -0.39 is 28.8 Å². The largest absolute Gasteiger partial charge is 0.369 e. The third-order valence-corrected chi connectivity index (χ3v) is 4.09. The first-order valence-electron chi connectivity index (χ1n) is 7.08. The molecule has 2 aliphatic rings. The smallest absolute Gasteiger partial charge is 0.220 e. The minimum atomic E-state index is -1.31. The number of guanidine groups is 2. The molecule has 3 rings (SSSR count). The number of aliphatic imine (C=N–C) groups is 2. The summed E-state index contributed by atoms with van der Waals surface area (Å²) in [5.41, 5.74) is 9.95. The molecule has 0 amide bonds. The van der Waals surface area contributed by atoms with Crippen molar-refractivity contribution < 1.29 is 13.2 Å². The zero-order valence-electron chi connectivity index (χ0n) is 11.8. The van der Waals surface area contributed by atoms with E-state index in [1.165, 1.54) is 0 Å². The molecule has 0 radical (unpaired) electrons. The maximum atomic E-state index is 14.2. The van der Waals surface area contributed by atoms with E-state index in [-0.39, 0.29) is 11.9 Å². The summed E-state index contributed by atoms with van der Waals surface area (Å²) in [6, 6.07) is 1.59. The molecule has 1 aromatic carbocycles. The predicted octanol–water partition coefficient (Wildman–Crippen LogP) is 2.21. The number of anilines is 1. The van der Waals surface area contributed by atoms with Crippen molar-refractivity contribution in [3.05, 3.63) is 29.6 Å². The van der Waals surface area contributed by atoms with Gasteiger partial charge in [0.05, 0.1) is 0 Å². The van der Waals surface area contributed by atoms with Crippen LogP contribution in [0.2, 0.25) is 0 Å². The average Bonchev–Trinajstić information content (AvgIpc) is 2.47. The molecule has 1 aromatic rings. The molecule has 1 fully saturated rings. The number of benzene rings is 1. The fourth-order valence-corrected chi connectivity index (χ4v) is 3.17. The van der Waals surface area contributed by atoms with Gasteiger partial charge in [-0.2, -0.15) is 4.99 Å². The Balaban J connectivity index is 2.19. The SMILES string of the molecule is NC1=NC2(CCCCC2)N(c2c(F)ccc(F)c2F)C(N)=N1. The van der Waals surface area contributed by atoms with E-state index in [0.29, 0.717) is 12.8 Å². The highest BCUT2D eigenvalue weighted by molar-refractivity contribution is 6.05. The fourth-order valence-electron chi connectivity index (χ4n) is 3.17. The lowest BCUT2D eigenvalue weighted by Gasteiger charge is -2.45. The van der Waals surface area contributed by atoms with Gasteiger partial charge in [0, 0.05) is 0 Å². The third-order valence-electron chi connectivity index (χ3n) is 4.09. The van der Waals surface area contributed by atoms with Crippen molar-refractivity contribution in [2.24, 2.45) is 21.5 Å². The Morgan fingerprint density at radius 3 is 2.32 bits per heavy atom. The van der Waals surface area contributed by atoms with Crippen LogP contribution in [0, 0.1) is 17.5 Å². The maximum Gasteiger partial charge on any atom is 0.220 e. The average molecular weight is 311 g/mol. The third kappa shape index (κ3) is 2.18. The Labute approximate surface area is 125 Å². The molecule has 5 nitrogen and oxygen atoms in total. The zero-order chi connectivity index (χ0) is 15.9. The molecule has 1 aliphatic carbocycles. The van der Waals surface area contributed by atoms with E-state index >= 15 is 0 Å². The molecule has 0 saturated heterocycles. The standard InChI is InChI=1S/C14H16F3N5/c15-8-4-5-9(16)11(10(8)17)22-13(19)20-12(18)21-14(22)6-2-1-3-7-14/h4-5H,1-3,6-7H2,(H4,18,19,20,21). The van der Waals surface area contributed by atoms with Gasteiger partial charge in [-0.05, 0) is 37.8 Å². The van der Waals surface area contributed by atoms with Crippen molar-refractivity contribution in [2.75, 3.05) is 4.90 Å². The minimum Gasteiger partial charge on any atom is -0.369 e. The Hall–Kier alpha value is -2.25. The van der Waals surface area contributed by atoms with Gasteiger partial charge in [-0.25, -0.2) is 18.2 Å². The number of nitrogens with zero attached hydrogens (tertiary/aromatic N) is 3. The van der Waals surface area contributed by atoms with Crippen LogP contribution >= 0.6 is 0 Å². The van der Waals surface area contributed by atoms with Crippen molar-refractivity contribution in [1.29, 1.82) is 0 Å². The summed E-state index contributed by atoms with van der Waals surface area (Å²) in [4.78, 5) is 9.23. The predicted molar refractivity (Wildman–Crippen MR) is 77.9 cm³/mol. The number of hydrogen-bond acceptors (Lipinski definition) is 5. The molecular formula is C14H16F3N5. The van der Waals surface area contributed by atoms with Gasteiger partial charge in [-0.3, -0.25) is 4.90 Å². The topological polar surface area (TPSA) is 80.0 Å². The molecule has 1 aliphatic heterocycles. The molecule has 1 saturated carbocycles. The lowest BCUT2D eigenvalue weighted by molar-refractivity contribution is 0.301. The Kier molecular flexibility index (Phi) is 3.46. The number of rotatable bonds is 1. The molecule has 1 heterocycles. The molecule has 0 aromatic heterocycles. The molecule has 8 heteroatoms. The fraction of sp³-hybridized carbons (Fsp3) is 0.429. The molecule has 1 spiro atoms. The molecule has 0 unspecified atom stereocenters. The van der Waals surface area contributed by atoms with E-state index in [9.17, 15) is 13.2 Å². The van der Waals surface area contributed by atoms with Crippen LogP contribution in [0.1, 0.15) is 32.1 Å². The summed E-state index contributed by atoms with van der Waals surface area (Å²) in [5, 5.41) is 0. The molecule has 4 N–H and O–H groups in total. The normalized spacial score (nSPS) is 20.8. The van der Waals surface area contributed by atoms with Gasteiger partial charge >= 0.3 is 0 Å². The number of hydrogen-bond donors (Lipinski definition) is 2.